The van der Waals surface area contributed by atoms with E-state index in [1.54, 1.807) is 0 Å². The van der Waals surface area contributed by atoms with E-state index in [9.17, 15) is 0 Å². The molecule has 3 rings (SSSR count). The predicted molar refractivity (Wildman–Crippen MR) is 88.3 cm³/mol. The lowest BCUT2D eigenvalue weighted by atomic mass is 9.77. The average Bonchev–Trinajstić information content (AvgIpc) is 2.48. The van der Waals surface area contributed by atoms with Crippen LogP contribution in [0, 0.1) is 6.92 Å². The number of benzene rings is 2. The summed E-state index contributed by atoms with van der Waals surface area (Å²) in [5, 5.41) is 3.55. The highest BCUT2D eigenvalue weighted by Crippen LogP contribution is 2.40. The van der Waals surface area contributed by atoms with Gasteiger partial charge in [-0.3, -0.25) is 0 Å². The fourth-order valence-corrected chi connectivity index (χ4v) is 4.00. The van der Waals surface area contributed by atoms with Crippen LogP contribution in [0.25, 0.3) is 0 Å². The van der Waals surface area contributed by atoms with Gasteiger partial charge in [-0.1, -0.05) is 58.4 Å². The van der Waals surface area contributed by atoms with Gasteiger partial charge in [0.15, 0.2) is 0 Å². The van der Waals surface area contributed by atoms with Crippen molar-refractivity contribution < 1.29 is 0 Å². The van der Waals surface area contributed by atoms with Crippen LogP contribution in [0.4, 0.5) is 0 Å². The first-order valence-electron chi connectivity index (χ1n) is 7.27. The highest BCUT2D eigenvalue weighted by molar-refractivity contribution is 9.10. The zero-order chi connectivity index (χ0) is 13.9. The highest BCUT2D eigenvalue weighted by Gasteiger charge is 2.28. The second-order valence-corrected chi connectivity index (χ2v) is 6.50. The van der Waals surface area contributed by atoms with Crippen molar-refractivity contribution in [3.8, 4) is 0 Å². The Bertz CT molecular complexity index is 579. The molecule has 2 atom stereocenters. The van der Waals surface area contributed by atoms with Gasteiger partial charge < -0.3 is 5.32 Å². The summed E-state index contributed by atoms with van der Waals surface area (Å²) in [5.74, 6) is 1.15. The van der Waals surface area contributed by atoms with Crippen LogP contribution in [-0.4, -0.2) is 13.1 Å². The molecule has 1 aliphatic heterocycles. The van der Waals surface area contributed by atoms with Gasteiger partial charge in [0.25, 0.3) is 0 Å². The van der Waals surface area contributed by atoms with Gasteiger partial charge in [0.2, 0.25) is 0 Å². The molecule has 1 fully saturated rings. The number of rotatable bonds is 2. The maximum Gasteiger partial charge on any atom is 0.0212 e. The van der Waals surface area contributed by atoms with Crippen molar-refractivity contribution in [2.75, 3.05) is 13.1 Å². The maximum atomic E-state index is 3.76. The van der Waals surface area contributed by atoms with Gasteiger partial charge in [-0.25, -0.2) is 0 Å². The quantitative estimate of drug-likeness (QED) is 0.847. The summed E-state index contributed by atoms with van der Waals surface area (Å²) in [6.45, 7) is 4.31. The van der Waals surface area contributed by atoms with Crippen molar-refractivity contribution in [3.05, 3.63) is 69.7 Å². The second-order valence-electron chi connectivity index (χ2n) is 5.64. The van der Waals surface area contributed by atoms with E-state index in [1.807, 2.05) is 0 Å². The lowest BCUT2D eigenvalue weighted by Gasteiger charge is -2.33. The molecule has 0 saturated carbocycles. The summed E-state index contributed by atoms with van der Waals surface area (Å²) in [5.41, 5.74) is 4.20. The number of halogens is 1. The molecular formula is C18H20BrN. The molecule has 1 heterocycles. The Morgan fingerprint density at radius 2 is 1.85 bits per heavy atom. The summed E-state index contributed by atoms with van der Waals surface area (Å²) in [7, 11) is 0. The van der Waals surface area contributed by atoms with Crippen LogP contribution < -0.4 is 5.32 Å². The SMILES string of the molecule is Cc1ccc(C2CCNCC2c2ccccc2)c(Br)c1. The summed E-state index contributed by atoms with van der Waals surface area (Å²) >= 11 is 3.76. The van der Waals surface area contributed by atoms with E-state index in [4.69, 9.17) is 0 Å². The lowest BCUT2D eigenvalue weighted by Crippen LogP contribution is -2.34. The third-order valence-corrected chi connectivity index (χ3v) is 4.95. The Morgan fingerprint density at radius 1 is 1.05 bits per heavy atom. The minimum atomic E-state index is 0.559. The molecule has 0 aromatic heterocycles. The molecule has 2 unspecified atom stereocenters. The van der Waals surface area contributed by atoms with Crippen molar-refractivity contribution in [3.63, 3.8) is 0 Å². The molecule has 0 aliphatic carbocycles. The van der Waals surface area contributed by atoms with Crippen molar-refractivity contribution in [2.45, 2.75) is 25.2 Å². The van der Waals surface area contributed by atoms with E-state index < -0.39 is 0 Å². The van der Waals surface area contributed by atoms with Crippen LogP contribution in [-0.2, 0) is 0 Å². The molecule has 104 valence electrons. The molecule has 2 heteroatoms. The average molecular weight is 330 g/mol. The Kier molecular flexibility index (Phi) is 4.23. The van der Waals surface area contributed by atoms with Gasteiger partial charge in [-0.15, -0.1) is 0 Å². The highest BCUT2D eigenvalue weighted by atomic mass is 79.9. The zero-order valence-electron chi connectivity index (χ0n) is 11.8. The van der Waals surface area contributed by atoms with E-state index in [0.29, 0.717) is 11.8 Å². The molecule has 0 amide bonds. The number of hydrogen-bond donors (Lipinski definition) is 1. The van der Waals surface area contributed by atoms with Crippen molar-refractivity contribution in [1.82, 2.24) is 5.32 Å². The van der Waals surface area contributed by atoms with Gasteiger partial charge in [-0.05, 0) is 48.6 Å². The molecule has 2 aromatic carbocycles. The maximum absolute atomic E-state index is 3.76. The monoisotopic (exact) mass is 329 g/mol. The van der Waals surface area contributed by atoms with Crippen molar-refractivity contribution >= 4 is 15.9 Å². The second kappa shape index (κ2) is 6.11. The molecule has 1 saturated heterocycles. The number of nitrogens with one attached hydrogen (secondary N) is 1. The molecular weight excluding hydrogens is 310 g/mol. The standard InChI is InChI=1S/C18H20BrN/c1-13-7-8-16(18(19)11-13)15-9-10-20-12-17(15)14-5-3-2-4-6-14/h2-8,11,15,17,20H,9-10,12H2,1H3. The van der Waals surface area contributed by atoms with E-state index >= 15 is 0 Å². The van der Waals surface area contributed by atoms with Crippen LogP contribution in [0.2, 0.25) is 0 Å². The lowest BCUT2D eigenvalue weighted by molar-refractivity contribution is 0.403. The largest absolute Gasteiger partial charge is 0.316 e. The van der Waals surface area contributed by atoms with E-state index in [1.165, 1.54) is 27.6 Å². The van der Waals surface area contributed by atoms with E-state index in [0.717, 1.165) is 13.1 Å². The zero-order valence-corrected chi connectivity index (χ0v) is 13.4. The van der Waals surface area contributed by atoms with Crippen LogP contribution in [0.3, 0.4) is 0 Å². The third-order valence-electron chi connectivity index (χ3n) is 4.27. The van der Waals surface area contributed by atoms with E-state index in [2.05, 4.69) is 76.7 Å². The minimum absolute atomic E-state index is 0.559. The van der Waals surface area contributed by atoms with Gasteiger partial charge in [0.1, 0.15) is 0 Å². The Balaban J connectivity index is 1.97. The molecule has 1 N–H and O–H groups in total. The predicted octanol–water partition coefficient (Wildman–Crippen LogP) is 4.62. The van der Waals surface area contributed by atoms with Crippen LogP contribution in [0.1, 0.15) is 34.9 Å². The minimum Gasteiger partial charge on any atom is -0.316 e. The molecule has 0 spiro atoms. The van der Waals surface area contributed by atoms with E-state index in [-0.39, 0.29) is 0 Å². The van der Waals surface area contributed by atoms with Crippen LogP contribution >= 0.6 is 15.9 Å². The molecule has 0 bridgehead atoms. The van der Waals surface area contributed by atoms with Crippen LogP contribution in [0.15, 0.2) is 53.0 Å². The van der Waals surface area contributed by atoms with Gasteiger partial charge >= 0.3 is 0 Å². The Labute approximate surface area is 129 Å². The van der Waals surface area contributed by atoms with Crippen molar-refractivity contribution in [1.29, 1.82) is 0 Å². The summed E-state index contributed by atoms with van der Waals surface area (Å²) in [6, 6.07) is 17.7. The number of aryl methyl sites for hydroxylation is 1. The topological polar surface area (TPSA) is 12.0 Å². The molecule has 2 aromatic rings. The first-order valence-corrected chi connectivity index (χ1v) is 8.06. The molecule has 20 heavy (non-hydrogen) atoms. The smallest absolute Gasteiger partial charge is 0.0212 e. The first kappa shape index (κ1) is 13.8. The van der Waals surface area contributed by atoms with Crippen molar-refractivity contribution in [2.24, 2.45) is 0 Å². The summed E-state index contributed by atoms with van der Waals surface area (Å²) in [4.78, 5) is 0. The fourth-order valence-electron chi connectivity index (χ4n) is 3.21. The molecule has 1 aliphatic rings. The van der Waals surface area contributed by atoms with Crippen LogP contribution in [0.5, 0.6) is 0 Å². The number of piperidine rings is 1. The summed E-state index contributed by atoms with van der Waals surface area (Å²) in [6.07, 6.45) is 1.20. The van der Waals surface area contributed by atoms with Gasteiger partial charge in [0, 0.05) is 16.9 Å². The molecule has 1 nitrogen and oxygen atoms in total. The third kappa shape index (κ3) is 2.82. The van der Waals surface area contributed by atoms with Gasteiger partial charge in [-0.2, -0.15) is 0 Å². The first-order chi connectivity index (χ1) is 9.75. The fraction of sp³-hybridized carbons (Fsp3) is 0.333. The van der Waals surface area contributed by atoms with Gasteiger partial charge in [0.05, 0.1) is 0 Å². The normalized spacial score (nSPS) is 22.7. The number of hydrogen-bond acceptors (Lipinski definition) is 1. The molecule has 0 radical (unpaired) electrons. The Morgan fingerprint density at radius 3 is 2.60 bits per heavy atom. The Hall–Kier alpha value is -1.12. The summed E-state index contributed by atoms with van der Waals surface area (Å²) < 4.78 is 1.25.